The van der Waals surface area contributed by atoms with E-state index in [0.717, 1.165) is 5.56 Å². The van der Waals surface area contributed by atoms with Crippen molar-refractivity contribution in [3.63, 3.8) is 0 Å². The van der Waals surface area contributed by atoms with Gasteiger partial charge in [-0.2, -0.15) is 0 Å². The molecule has 0 aromatic heterocycles. The highest BCUT2D eigenvalue weighted by atomic mass is 16.4. The summed E-state index contributed by atoms with van der Waals surface area (Å²) in [6, 6.07) is 9.87. The Labute approximate surface area is 126 Å². The van der Waals surface area contributed by atoms with Crippen LogP contribution in [0.4, 0.5) is 0 Å². The summed E-state index contributed by atoms with van der Waals surface area (Å²) in [6.45, 7) is 7.07. The number of aliphatic hydroxyl groups excluding tert-OH is 1. The van der Waals surface area contributed by atoms with Crippen LogP contribution in [0.3, 0.4) is 0 Å². The second-order valence-electron chi connectivity index (χ2n) is 6.33. The van der Waals surface area contributed by atoms with Gasteiger partial charge in [-0.15, -0.1) is 0 Å². The molecular weight excluding hydrogens is 266 g/mol. The molecule has 0 saturated carbocycles. The van der Waals surface area contributed by atoms with E-state index in [2.05, 4.69) is 31.2 Å². The molecule has 0 heterocycles. The largest absolute Gasteiger partial charge is 0.409 e. The van der Waals surface area contributed by atoms with Crippen LogP contribution in [0.25, 0.3) is 0 Å². The third-order valence-corrected chi connectivity index (χ3v) is 3.71. The number of rotatable bonds is 7. The Morgan fingerprint density at radius 2 is 1.90 bits per heavy atom. The van der Waals surface area contributed by atoms with Crippen LogP contribution >= 0.6 is 0 Å². The lowest BCUT2D eigenvalue weighted by molar-refractivity contribution is 0.197. The third-order valence-electron chi connectivity index (χ3n) is 3.71. The Morgan fingerprint density at radius 1 is 1.29 bits per heavy atom. The highest BCUT2D eigenvalue weighted by Gasteiger charge is 2.26. The molecule has 0 aliphatic carbocycles. The number of oxime groups is 1. The van der Waals surface area contributed by atoms with E-state index in [1.807, 2.05) is 30.3 Å². The summed E-state index contributed by atoms with van der Waals surface area (Å²) >= 11 is 0. The van der Waals surface area contributed by atoms with Gasteiger partial charge in [-0.05, 0) is 17.4 Å². The quantitative estimate of drug-likeness (QED) is 0.267. The topological polar surface area (TPSA) is 90.9 Å². The zero-order valence-electron chi connectivity index (χ0n) is 13.1. The van der Waals surface area contributed by atoms with Crippen molar-refractivity contribution in [2.45, 2.75) is 39.2 Å². The summed E-state index contributed by atoms with van der Waals surface area (Å²) in [5.74, 6) is -0.00917. The summed E-state index contributed by atoms with van der Waals surface area (Å²) < 4.78 is 0. The molecule has 2 atom stereocenters. The second kappa shape index (κ2) is 8.00. The number of nitrogens with two attached hydrogens (primary N) is 1. The lowest BCUT2D eigenvalue weighted by atomic mass is 9.84. The van der Waals surface area contributed by atoms with Crippen molar-refractivity contribution in [2.24, 2.45) is 16.3 Å². The first-order valence-corrected chi connectivity index (χ1v) is 7.26. The van der Waals surface area contributed by atoms with Gasteiger partial charge < -0.3 is 21.4 Å². The van der Waals surface area contributed by atoms with Crippen LogP contribution in [-0.4, -0.2) is 35.3 Å². The number of amidine groups is 1. The van der Waals surface area contributed by atoms with E-state index in [-0.39, 0.29) is 29.8 Å². The minimum absolute atomic E-state index is 0.0229. The Hall–Kier alpha value is -1.59. The van der Waals surface area contributed by atoms with Gasteiger partial charge in [0.1, 0.15) is 5.84 Å². The van der Waals surface area contributed by atoms with Crippen molar-refractivity contribution in [1.29, 1.82) is 0 Å². The average molecular weight is 293 g/mol. The van der Waals surface area contributed by atoms with Crippen molar-refractivity contribution >= 4 is 5.84 Å². The maximum absolute atomic E-state index is 9.21. The van der Waals surface area contributed by atoms with Crippen molar-refractivity contribution in [3.05, 3.63) is 35.9 Å². The molecule has 0 bridgehead atoms. The molecule has 0 aliphatic rings. The molecule has 0 saturated heterocycles. The van der Waals surface area contributed by atoms with Crippen LogP contribution in [0, 0.1) is 5.41 Å². The van der Waals surface area contributed by atoms with E-state index >= 15 is 0 Å². The molecular formula is C16H27N3O2. The monoisotopic (exact) mass is 293 g/mol. The van der Waals surface area contributed by atoms with E-state index in [9.17, 15) is 5.11 Å². The molecule has 5 N–H and O–H groups in total. The zero-order chi connectivity index (χ0) is 15.9. The fourth-order valence-electron chi connectivity index (χ4n) is 2.38. The van der Waals surface area contributed by atoms with Gasteiger partial charge in [0.25, 0.3) is 0 Å². The predicted molar refractivity (Wildman–Crippen MR) is 85.5 cm³/mol. The van der Waals surface area contributed by atoms with Gasteiger partial charge >= 0.3 is 0 Å². The van der Waals surface area contributed by atoms with Gasteiger partial charge in [0.2, 0.25) is 0 Å². The maximum atomic E-state index is 9.21. The van der Waals surface area contributed by atoms with Gasteiger partial charge in [-0.3, -0.25) is 0 Å². The number of hydrogen-bond acceptors (Lipinski definition) is 4. The average Bonchev–Trinajstić information content (AvgIpc) is 2.46. The van der Waals surface area contributed by atoms with E-state index in [0.29, 0.717) is 13.0 Å². The fourth-order valence-corrected chi connectivity index (χ4v) is 2.38. The number of hydrogen-bond donors (Lipinski definition) is 4. The third kappa shape index (κ3) is 5.36. The smallest absolute Gasteiger partial charge is 0.147 e. The minimum Gasteiger partial charge on any atom is -0.409 e. The highest BCUT2D eigenvalue weighted by Crippen LogP contribution is 2.23. The molecule has 0 radical (unpaired) electrons. The van der Waals surface area contributed by atoms with Crippen LogP contribution < -0.4 is 11.1 Å². The first-order chi connectivity index (χ1) is 9.90. The minimum atomic E-state index is -0.195. The van der Waals surface area contributed by atoms with Gasteiger partial charge in [-0.25, -0.2) is 0 Å². The Kier molecular flexibility index (Phi) is 6.65. The molecule has 1 aromatic carbocycles. The molecule has 0 spiro atoms. The van der Waals surface area contributed by atoms with Crippen molar-refractivity contribution in [1.82, 2.24) is 5.32 Å². The lowest BCUT2D eigenvalue weighted by Gasteiger charge is -2.32. The summed E-state index contributed by atoms with van der Waals surface area (Å²) in [5.41, 5.74) is 6.85. The zero-order valence-corrected chi connectivity index (χ0v) is 13.1. The second-order valence-corrected chi connectivity index (χ2v) is 6.33. The van der Waals surface area contributed by atoms with Crippen molar-refractivity contribution in [2.75, 3.05) is 13.2 Å². The number of nitrogens with one attached hydrogen (secondary N) is 1. The van der Waals surface area contributed by atoms with Crippen LogP contribution in [0.5, 0.6) is 0 Å². The predicted octanol–water partition coefficient (Wildman–Crippen LogP) is 1.90. The van der Waals surface area contributed by atoms with Crippen molar-refractivity contribution in [3.8, 4) is 0 Å². The Balaban J connectivity index is 2.83. The Morgan fingerprint density at radius 3 is 2.38 bits per heavy atom. The van der Waals surface area contributed by atoms with Gasteiger partial charge in [0, 0.05) is 19.2 Å². The van der Waals surface area contributed by atoms with E-state index < -0.39 is 0 Å². The van der Waals surface area contributed by atoms with Gasteiger partial charge in [-0.1, -0.05) is 56.3 Å². The SMILES string of the molecule is CC(C)(C)C(CCO)NCC(/C(N)=N/O)c1ccccc1. The van der Waals surface area contributed by atoms with Crippen LogP contribution in [0.2, 0.25) is 0 Å². The summed E-state index contributed by atoms with van der Waals surface area (Å²) in [4.78, 5) is 0. The number of benzene rings is 1. The molecule has 0 fully saturated rings. The Bertz CT molecular complexity index is 441. The standard InChI is InChI=1S/C16H27N3O2/c1-16(2,3)14(9-10-20)18-11-13(15(17)19-21)12-7-5-4-6-8-12/h4-8,13-14,18,20-21H,9-11H2,1-3H3,(H2,17,19). The molecule has 5 nitrogen and oxygen atoms in total. The molecule has 0 aliphatic heterocycles. The summed E-state index contributed by atoms with van der Waals surface area (Å²) in [7, 11) is 0. The van der Waals surface area contributed by atoms with Crippen LogP contribution in [-0.2, 0) is 0 Å². The number of aliphatic hydroxyl groups is 1. The van der Waals surface area contributed by atoms with E-state index in [4.69, 9.17) is 10.9 Å². The van der Waals surface area contributed by atoms with Crippen LogP contribution in [0.15, 0.2) is 35.5 Å². The molecule has 5 heteroatoms. The summed E-state index contributed by atoms with van der Waals surface area (Å²) in [5, 5.41) is 24.8. The molecule has 2 unspecified atom stereocenters. The summed E-state index contributed by atoms with van der Waals surface area (Å²) in [6.07, 6.45) is 0.668. The molecule has 1 rings (SSSR count). The van der Waals surface area contributed by atoms with Gasteiger partial charge in [0.15, 0.2) is 0 Å². The lowest BCUT2D eigenvalue weighted by Crippen LogP contribution is -2.44. The molecule has 1 aromatic rings. The maximum Gasteiger partial charge on any atom is 0.147 e. The molecule has 0 amide bonds. The van der Waals surface area contributed by atoms with Gasteiger partial charge in [0.05, 0.1) is 5.92 Å². The first-order valence-electron chi connectivity index (χ1n) is 7.26. The van der Waals surface area contributed by atoms with E-state index in [1.54, 1.807) is 0 Å². The number of nitrogens with zero attached hydrogens (tertiary/aromatic N) is 1. The molecule has 118 valence electrons. The van der Waals surface area contributed by atoms with E-state index in [1.165, 1.54) is 0 Å². The highest BCUT2D eigenvalue weighted by molar-refractivity contribution is 5.87. The fraction of sp³-hybridized carbons (Fsp3) is 0.562. The van der Waals surface area contributed by atoms with Crippen molar-refractivity contribution < 1.29 is 10.3 Å². The molecule has 21 heavy (non-hydrogen) atoms. The first kappa shape index (κ1) is 17.5. The normalized spacial score (nSPS) is 15.7. The van der Waals surface area contributed by atoms with Crippen LogP contribution in [0.1, 0.15) is 38.7 Å².